The zero-order valence-electron chi connectivity index (χ0n) is 8.25. The molecule has 0 spiro atoms. The Kier molecular flexibility index (Phi) is 3.12. The average Bonchev–Trinajstić information content (AvgIpc) is 1.99. The molecule has 0 heterocycles. The van der Waals surface area contributed by atoms with Gasteiger partial charge >= 0.3 is 5.97 Å². The monoisotopic (exact) mass is 182 g/mol. The number of aliphatic carboxylic acids is 1. The van der Waals surface area contributed by atoms with Gasteiger partial charge < -0.3 is 5.11 Å². The standard InChI is InChI=1S/C11H18O2/c1-3-8-11(4-2,10(12)13)9-6-5-7-9/h3,9H,1,4-8H2,2H3,(H,12,13). The maximum absolute atomic E-state index is 11.2. The van der Waals surface area contributed by atoms with Gasteiger partial charge in [0.25, 0.3) is 0 Å². The Balaban J connectivity index is 2.80. The molecule has 0 aromatic carbocycles. The number of carboxylic acids is 1. The number of carbonyl (C=O) groups is 1. The van der Waals surface area contributed by atoms with Crippen LogP contribution in [0.25, 0.3) is 0 Å². The molecule has 74 valence electrons. The van der Waals surface area contributed by atoms with Crippen LogP contribution < -0.4 is 0 Å². The quantitative estimate of drug-likeness (QED) is 0.664. The first-order valence-electron chi connectivity index (χ1n) is 5.01. The number of rotatable bonds is 5. The van der Waals surface area contributed by atoms with Crippen molar-refractivity contribution in [3.8, 4) is 0 Å². The smallest absolute Gasteiger partial charge is 0.310 e. The highest BCUT2D eigenvalue weighted by molar-refractivity contribution is 5.75. The van der Waals surface area contributed by atoms with Gasteiger partial charge in [-0.3, -0.25) is 4.79 Å². The summed E-state index contributed by atoms with van der Waals surface area (Å²) in [6.07, 6.45) is 6.43. The number of carboxylic acid groups (broad SMARTS) is 1. The molecule has 0 amide bonds. The number of hydrogen-bond acceptors (Lipinski definition) is 1. The van der Waals surface area contributed by atoms with Gasteiger partial charge in [-0.25, -0.2) is 0 Å². The van der Waals surface area contributed by atoms with E-state index in [-0.39, 0.29) is 0 Å². The summed E-state index contributed by atoms with van der Waals surface area (Å²) in [5, 5.41) is 9.24. The molecular formula is C11H18O2. The van der Waals surface area contributed by atoms with E-state index in [0.717, 1.165) is 19.3 Å². The third kappa shape index (κ3) is 1.62. The van der Waals surface area contributed by atoms with Crippen LogP contribution in [-0.4, -0.2) is 11.1 Å². The van der Waals surface area contributed by atoms with Crippen LogP contribution in [0.15, 0.2) is 12.7 Å². The van der Waals surface area contributed by atoms with Crippen molar-refractivity contribution in [2.45, 2.75) is 39.0 Å². The normalized spacial score (nSPS) is 21.6. The summed E-state index contributed by atoms with van der Waals surface area (Å²) in [7, 11) is 0. The highest BCUT2D eigenvalue weighted by atomic mass is 16.4. The van der Waals surface area contributed by atoms with Crippen molar-refractivity contribution in [2.75, 3.05) is 0 Å². The van der Waals surface area contributed by atoms with E-state index in [1.807, 2.05) is 6.92 Å². The first-order valence-corrected chi connectivity index (χ1v) is 5.01. The van der Waals surface area contributed by atoms with Crippen LogP contribution in [0.4, 0.5) is 0 Å². The van der Waals surface area contributed by atoms with Crippen molar-refractivity contribution in [3.63, 3.8) is 0 Å². The molecule has 2 heteroatoms. The summed E-state index contributed by atoms with van der Waals surface area (Å²) in [6, 6.07) is 0. The Morgan fingerprint density at radius 3 is 2.54 bits per heavy atom. The molecule has 1 rings (SSSR count). The molecule has 0 aromatic heterocycles. The lowest BCUT2D eigenvalue weighted by Crippen LogP contribution is -2.41. The number of allylic oxidation sites excluding steroid dienone is 1. The Hall–Kier alpha value is -0.790. The van der Waals surface area contributed by atoms with Crippen LogP contribution in [0.1, 0.15) is 39.0 Å². The van der Waals surface area contributed by atoms with Crippen LogP contribution in [0.5, 0.6) is 0 Å². The van der Waals surface area contributed by atoms with E-state index in [1.54, 1.807) is 6.08 Å². The lowest BCUT2D eigenvalue weighted by Gasteiger charge is -2.41. The van der Waals surface area contributed by atoms with Crippen LogP contribution in [0.3, 0.4) is 0 Å². The molecular weight excluding hydrogens is 164 g/mol. The molecule has 2 nitrogen and oxygen atoms in total. The maximum Gasteiger partial charge on any atom is 0.310 e. The highest BCUT2D eigenvalue weighted by Gasteiger charge is 2.45. The molecule has 0 saturated heterocycles. The minimum atomic E-state index is -0.639. The molecule has 0 aromatic rings. The van der Waals surface area contributed by atoms with Gasteiger partial charge in [-0.2, -0.15) is 0 Å². The van der Waals surface area contributed by atoms with Gasteiger partial charge in [-0.1, -0.05) is 19.4 Å². The van der Waals surface area contributed by atoms with Gasteiger partial charge in [-0.15, -0.1) is 6.58 Å². The van der Waals surface area contributed by atoms with Gasteiger partial charge in [-0.05, 0) is 31.6 Å². The number of hydrogen-bond donors (Lipinski definition) is 1. The van der Waals surface area contributed by atoms with Crippen molar-refractivity contribution in [1.29, 1.82) is 0 Å². The summed E-state index contributed by atoms with van der Waals surface area (Å²) in [5.41, 5.74) is -0.514. The summed E-state index contributed by atoms with van der Waals surface area (Å²) in [5.74, 6) is -0.257. The Bertz CT molecular complexity index is 206. The lowest BCUT2D eigenvalue weighted by atomic mass is 9.62. The first-order chi connectivity index (χ1) is 6.17. The second-order valence-corrected chi connectivity index (χ2v) is 3.94. The van der Waals surface area contributed by atoms with Gasteiger partial charge in [0.15, 0.2) is 0 Å². The predicted octanol–water partition coefficient (Wildman–Crippen LogP) is 2.84. The molecule has 13 heavy (non-hydrogen) atoms. The van der Waals surface area contributed by atoms with Crippen molar-refractivity contribution < 1.29 is 9.90 Å². The van der Waals surface area contributed by atoms with Gasteiger partial charge in [0.05, 0.1) is 5.41 Å². The fraction of sp³-hybridized carbons (Fsp3) is 0.727. The van der Waals surface area contributed by atoms with Crippen LogP contribution >= 0.6 is 0 Å². The van der Waals surface area contributed by atoms with Gasteiger partial charge in [0.1, 0.15) is 0 Å². The van der Waals surface area contributed by atoms with E-state index in [4.69, 9.17) is 0 Å². The molecule has 1 atom stereocenters. The zero-order chi connectivity index (χ0) is 9.90. The van der Waals surface area contributed by atoms with E-state index >= 15 is 0 Å². The third-order valence-electron chi connectivity index (χ3n) is 3.45. The fourth-order valence-corrected chi connectivity index (χ4v) is 2.23. The molecule has 1 fully saturated rings. The SMILES string of the molecule is C=CCC(CC)(C(=O)O)C1CCC1. The van der Waals surface area contributed by atoms with Crippen molar-refractivity contribution >= 4 is 5.97 Å². The van der Waals surface area contributed by atoms with E-state index < -0.39 is 11.4 Å². The van der Waals surface area contributed by atoms with Crippen LogP contribution in [-0.2, 0) is 4.79 Å². The minimum Gasteiger partial charge on any atom is -0.481 e. The van der Waals surface area contributed by atoms with E-state index in [0.29, 0.717) is 12.3 Å². The van der Waals surface area contributed by atoms with Crippen LogP contribution in [0, 0.1) is 11.3 Å². The fourth-order valence-electron chi connectivity index (χ4n) is 2.23. The molecule has 0 bridgehead atoms. The average molecular weight is 182 g/mol. The van der Waals surface area contributed by atoms with E-state index in [2.05, 4.69) is 6.58 Å². The first kappa shape index (κ1) is 10.3. The van der Waals surface area contributed by atoms with E-state index in [1.165, 1.54) is 6.42 Å². The van der Waals surface area contributed by atoms with Crippen molar-refractivity contribution in [2.24, 2.45) is 11.3 Å². The Morgan fingerprint density at radius 1 is 1.69 bits per heavy atom. The molecule has 1 aliphatic carbocycles. The molecule has 0 radical (unpaired) electrons. The van der Waals surface area contributed by atoms with Crippen LogP contribution in [0.2, 0.25) is 0 Å². The molecule has 1 N–H and O–H groups in total. The molecule has 1 unspecified atom stereocenters. The zero-order valence-corrected chi connectivity index (χ0v) is 8.25. The summed E-state index contributed by atoms with van der Waals surface area (Å²) in [4.78, 5) is 11.2. The third-order valence-corrected chi connectivity index (χ3v) is 3.45. The predicted molar refractivity (Wildman–Crippen MR) is 52.5 cm³/mol. The maximum atomic E-state index is 11.2. The van der Waals surface area contributed by atoms with E-state index in [9.17, 15) is 9.90 Å². The molecule has 1 saturated carbocycles. The van der Waals surface area contributed by atoms with Crippen molar-refractivity contribution in [3.05, 3.63) is 12.7 Å². The summed E-state index contributed by atoms with van der Waals surface area (Å²) in [6.45, 7) is 5.62. The highest BCUT2D eigenvalue weighted by Crippen LogP contribution is 2.47. The van der Waals surface area contributed by atoms with Gasteiger partial charge in [0, 0.05) is 0 Å². The summed E-state index contributed by atoms with van der Waals surface area (Å²) < 4.78 is 0. The van der Waals surface area contributed by atoms with Gasteiger partial charge in [0.2, 0.25) is 0 Å². The lowest BCUT2D eigenvalue weighted by molar-refractivity contribution is -0.155. The molecule has 1 aliphatic rings. The molecule has 0 aliphatic heterocycles. The van der Waals surface area contributed by atoms with Crippen molar-refractivity contribution in [1.82, 2.24) is 0 Å². The summed E-state index contributed by atoms with van der Waals surface area (Å²) >= 11 is 0. The largest absolute Gasteiger partial charge is 0.481 e. The topological polar surface area (TPSA) is 37.3 Å². The second-order valence-electron chi connectivity index (χ2n) is 3.94. The second kappa shape index (κ2) is 3.95. The Morgan fingerprint density at radius 2 is 2.31 bits per heavy atom. The minimum absolute atomic E-state index is 0.382. The Labute approximate surface area is 79.6 Å².